The van der Waals surface area contributed by atoms with Gasteiger partial charge in [0.2, 0.25) is 5.91 Å². The Bertz CT molecular complexity index is 195. The van der Waals surface area contributed by atoms with E-state index in [0.717, 1.165) is 7.11 Å². The van der Waals surface area contributed by atoms with E-state index in [1.54, 1.807) is 0 Å². The lowest BCUT2D eigenvalue weighted by molar-refractivity contribution is -0.222. The number of carbonyl (C=O) groups is 1. The quantitative estimate of drug-likeness (QED) is 0.507. The predicted octanol–water partition coefficient (Wildman–Crippen LogP) is -0.110. The van der Waals surface area contributed by atoms with Gasteiger partial charge in [-0.3, -0.25) is 9.36 Å². The van der Waals surface area contributed by atoms with Gasteiger partial charge in [-0.2, -0.15) is 0 Å². The molecule has 1 amide bonds. The molecule has 0 aliphatic carbocycles. The fraction of sp³-hybridized carbons (Fsp3) is 0.833. The van der Waals surface area contributed by atoms with Gasteiger partial charge >= 0.3 is 0 Å². The summed E-state index contributed by atoms with van der Waals surface area (Å²) in [4.78, 5) is 20.8. The average Bonchev–Trinajstić information content (AvgIpc) is 1.98. The van der Waals surface area contributed by atoms with Crippen LogP contribution in [0.3, 0.4) is 0 Å². The number of hydrogen-bond acceptors (Lipinski definition) is 5. The van der Waals surface area contributed by atoms with Gasteiger partial charge in [-0.1, -0.05) is 7.43 Å². The number of phosphoric ester groups is 1. The molecule has 0 saturated heterocycles. The van der Waals surface area contributed by atoms with Crippen molar-refractivity contribution >= 4 is 13.7 Å². The number of hydrogen-bond donors (Lipinski definition) is 1. The molecule has 1 atom stereocenters. The zero-order valence-electron chi connectivity index (χ0n) is 6.90. The second kappa shape index (κ2) is 7.03. The van der Waals surface area contributed by atoms with Crippen molar-refractivity contribution in [1.82, 2.24) is 5.32 Å². The van der Waals surface area contributed by atoms with Crippen molar-refractivity contribution in [3.05, 3.63) is 0 Å². The maximum Gasteiger partial charge on any atom is 0.267 e. The zero-order valence-corrected chi connectivity index (χ0v) is 7.80. The molecule has 0 aliphatic rings. The SMILES string of the molecule is C.COP(=O)([O-])OCCNC(C)=O. The van der Waals surface area contributed by atoms with Crippen molar-refractivity contribution in [2.24, 2.45) is 0 Å². The molecular formula is C6H15NO5P-. The minimum atomic E-state index is -4.13. The number of amides is 1. The highest BCUT2D eigenvalue weighted by atomic mass is 31.2. The number of carbonyl (C=O) groups excluding carboxylic acids is 1. The van der Waals surface area contributed by atoms with Crippen LogP contribution in [0.1, 0.15) is 14.4 Å². The second-order valence-electron chi connectivity index (χ2n) is 1.95. The van der Waals surface area contributed by atoms with Crippen LogP contribution in [0, 0.1) is 0 Å². The van der Waals surface area contributed by atoms with Gasteiger partial charge < -0.3 is 19.3 Å². The molecule has 7 heteroatoms. The van der Waals surface area contributed by atoms with Crippen LogP contribution >= 0.6 is 7.82 Å². The van der Waals surface area contributed by atoms with E-state index in [2.05, 4.69) is 14.4 Å². The van der Waals surface area contributed by atoms with Crippen LogP contribution < -0.4 is 10.2 Å². The molecule has 0 aromatic carbocycles. The Hall–Kier alpha value is -0.420. The van der Waals surface area contributed by atoms with Gasteiger partial charge in [0.25, 0.3) is 7.82 Å². The molecule has 1 N–H and O–H groups in total. The fourth-order valence-corrected chi connectivity index (χ4v) is 0.858. The standard InChI is InChI=1S/C5H12NO5P.CH4/c1-5(7)6-3-4-11-12(8,9)10-2;/h3-4H2,1-2H3,(H,6,7)(H,8,9);1H4/p-1. The smallest absolute Gasteiger partial charge is 0.267 e. The monoisotopic (exact) mass is 212 g/mol. The van der Waals surface area contributed by atoms with Gasteiger partial charge in [0, 0.05) is 20.6 Å². The molecule has 0 aromatic heterocycles. The largest absolute Gasteiger partial charge is 0.756 e. The van der Waals surface area contributed by atoms with Crippen molar-refractivity contribution in [2.45, 2.75) is 14.4 Å². The van der Waals surface area contributed by atoms with Crippen molar-refractivity contribution in [2.75, 3.05) is 20.3 Å². The minimum absolute atomic E-state index is 0. The predicted molar refractivity (Wildman–Crippen MR) is 46.0 cm³/mol. The van der Waals surface area contributed by atoms with Crippen LogP contribution in [0.15, 0.2) is 0 Å². The van der Waals surface area contributed by atoms with Gasteiger partial charge in [0.15, 0.2) is 0 Å². The first-order valence-electron chi connectivity index (χ1n) is 3.23. The summed E-state index contributed by atoms with van der Waals surface area (Å²) in [6.07, 6.45) is 0. The number of phosphoric acid groups is 1. The summed E-state index contributed by atoms with van der Waals surface area (Å²) in [7, 11) is -3.13. The van der Waals surface area contributed by atoms with E-state index in [0.29, 0.717) is 0 Å². The van der Waals surface area contributed by atoms with E-state index in [-0.39, 0.29) is 26.5 Å². The van der Waals surface area contributed by atoms with Crippen molar-refractivity contribution in [1.29, 1.82) is 0 Å². The lowest BCUT2D eigenvalue weighted by Crippen LogP contribution is -2.24. The van der Waals surface area contributed by atoms with E-state index in [9.17, 15) is 14.3 Å². The molecule has 0 fully saturated rings. The molecule has 0 radical (unpaired) electrons. The molecule has 0 rings (SSSR count). The Morgan fingerprint density at radius 2 is 2.15 bits per heavy atom. The second-order valence-corrected chi connectivity index (χ2v) is 3.46. The van der Waals surface area contributed by atoms with Crippen LogP contribution in [-0.4, -0.2) is 26.2 Å². The third kappa shape index (κ3) is 9.49. The van der Waals surface area contributed by atoms with Gasteiger partial charge in [-0.25, -0.2) is 0 Å². The molecular weight excluding hydrogens is 197 g/mol. The lowest BCUT2D eigenvalue weighted by Gasteiger charge is -2.19. The molecule has 0 heterocycles. The van der Waals surface area contributed by atoms with Crippen LogP contribution in [0.4, 0.5) is 0 Å². The van der Waals surface area contributed by atoms with Crippen LogP contribution in [0.5, 0.6) is 0 Å². The van der Waals surface area contributed by atoms with Gasteiger partial charge in [-0.15, -0.1) is 0 Å². The lowest BCUT2D eigenvalue weighted by atomic mass is 10.6. The molecule has 13 heavy (non-hydrogen) atoms. The molecule has 0 bridgehead atoms. The first-order valence-corrected chi connectivity index (χ1v) is 4.70. The van der Waals surface area contributed by atoms with Gasteiger partial charge in [-0.05, 0) is 0 Å². The van der Waals surface area contributed by atoms with E-state index in [1.807, 2.05) is 0 Å². The summed E-state index contributed by atoms with van der Waals surface area (Å²) in [5, 5.41) is 2.36. The fourth-order valence-electron chi connectivity index (χ4n) is 0.437. The molecule has 1 unspecified atom stereocenters. The third-order valence-corrected chi connectivity index (χ3v) is 1.90. The minimum Gasteiger partial charge on any atom is -0.756 e. The number of rotatable bonds is 5. The average molecular weight is 212 g/mol. The summed E-state index contributed by atoms with van der Waals surface area (Å²) in [6, 6.07) is 0. The molecule has 0 saturated carbocycles. The highest BCUT2D eigenvalue weighted by molar-refractivity contribution is 7.45. The van der Waals surface area contributed by atoms with E-state index >= 15 is 0 Å². The topological polar surface area (TPSA) is 87.7 Å². The Labute approximate surface area is 77.9 Å². The summed E-state index contributed by atoms with van der Waals surface area (Å²) in [6.45, 7) is 1.35. The van der Waals surface area contributed by atoms with Crippen molar-refractivity contribution in [3.63, 3.8) is 0 Å². The molecule has 0 aliphatic heterocycles. The Balaban J connectivity index is 0. The zero-order chi connectivity index (χ0) is 9.61. The number of nitrogens with one attached hydrogen (secondary N) is 1. The van der Waals surface area contributed by atoms with E-state index in [1.165, 1.54) is 6.92 Å². The Kier molecular flexibility index (Phi) is 8.15. The molecule has 80 valence electrons. The van der Waals surface area contributed by atoms with Crippen molar-refractivity contribution in [3.8, 4) is 0 Å². The maximum absolute atomic E-state index is 10.5. The highest BCUT2D eigenvalue weighted by Crippen LogP contribution is 2.36. The van der Waals surface area contributed by atoms with Gasteiger partial charge in [0.05, 0.1) is 6.61 Å². The van der Waals surface area contributed by atoms with E-state index < -0.39 is 7.82 Å². The first-order chi connectivity index (χ1) is 5.48. The third-order valence-electron chi connectivity index (χ3n) is 0.949. The maximum atomic E-state index is 10.5. The summed E-state index contributed by atoms with van der Waals surface area (Å²) < 4.78 is 18.8. The molecule has 0 aromatic rings. The normalized spacial score (nSPS) is 14.1. The van der Waals surface area contributed by atoms with Crippen LogP contribution in [0.25, 0.3) is 0 Å². The van der Waals surface area contributed by atoms with Crippen LogP contribution in [0.2, 0.25) is 0 Å². The molecule has 0 spiro atoms. The highest BCUT2D eigenvalue weighted by Gasteiger charge is 2.04. The van der Waals surface area contributed by atoms with Crippen LogP contribution in [-0.2, 0) is 18.4 Å². The Morgan fingerprint density at radius 3 is 2.54 bits per heavy atom. The summed E-state index contributed by atoms with van der Waals surface area (Å²) >= 11 is 0. The van der Waals surface area contributed by atoms with E-state index in [4.69, 9.17) is 0 Å². The van der Waals surface area contributed by atoms with Gasteiger partial charge in [0.1, 0.15) is 0 Å². The summed E-state index contributed by atoms with van der Waals surface area (Å²) in [5.74, 6) is -0.239. The molecule has 6 nitrogen and oxygen atoms in total. The summed E-state index contributed by atoms with van der Waals surface area (Å²) in [5.41, 5.74) is 0. The first kappa shape index (κ1) is 15.1. The van der Waals surface area contributed by atoms with Crippen molar-refractivity contribution < 1.29 is 23.3 Å². The Morgan fingerprint density at radius 1 is 1.62 bits per heavy atom.